The van der Waals surface area contributed by atoms with Gasteiger partial charge in [0, 0.05) is 15.6 Å². The molecule has 0 N–H and O–H groups in total. The Balaban J connectivity index is 2.39. The third kappa shape index (κ3) is 3.23. The van der Waals surface area contributed by atoms with Gasteiger partial charge in [-0.25, -0.2) is 0 Å². The first kappa shape index (κ1) is 16.3. The summed E-state index contributed by atoms with van der Waals surface area (Å²) in [5.74, 6) is -1.87. The van der Waals surface area contributed by atoms with Gasteiger partial charge in [-0.2, -0.15) is 0 Å². The maximum atomic E-state index is 12.3. The number of nitrogens with zero attached hydrogens (tertiary/aromatic N) is 1. The molecule has 1 aromatic carbocycles. The minimum atomic E-state index is -1.37. The molecule has 0 aromatic heterocycles. The molecule has 1 heterocycles. The fourth-order valence-electron chi connectivity index (χ4n) is 1.70. The Hall–Kier alpha value is -1.08. The number of aliphatic carboxylic acids is 1. The quantitative estimate of drug-likeness (QED) is 0.611. The average Bonchev–Trinajstić information content (AvgIpc) is 2.68. The molecule has 21 heavy (non-hydrogen) atoms. The number of benzene rings is 1. The lowest BCUT2D eigenvalue weighted by atomic mass is 10.2. The fourth-order valence-corrected chi connectivity index (χ4v) is 3.61. The van der Waals surface area contributed by atoms with E-state index in [4.69, 9.17) is 35.4 Å². The zero-order chi connectivity index (χ0) is 15.7. The number of carbonyl (C=O) groups excluding carboxylic acids is 2. The smallest absolute Gasteiger partial charge is 0.266 e. The first-order valence-corrected chi connectivity index (χ1v) is 7.73. The number of hydrogen-bond acceptors (Lipinski definition) is 5. The molecule has 1 unspecified atom stereocenters. The SMILES string of the molecule is CC(C(=O)[O-])N1C(=O)C(=Cc2c(Cl)cccc2Cl)SC1=S. The van der Waals surface area contributed by atoms with Gasteiger partial charge in [-0.15, -0.1) is 0 Å². The predicted octanol–water partition coefficient (Wildman–Crippen LogP) is 2.33. The second kappa shape index (κ2) is 6.36. The molecule has 1 amide bonds. The van der Waals surface area contributed by atoms with Crippen molar-refractivity contribution in [2.75, 3.05) is 0 Å². The van der Waals surface area contributed by atoms with Crippen LogP contribution in [0.15, 0.2) is 23.1 Å². The summed E-state index contributed by atoms with van der Waals surface area (Å²) in [5.41, 5.74) is 0.488. The van der Waals surface area contributed by atoms with Crippen LogP contribution < -0.4 is 5.11 Å². The summed E-state index contributed by atoms with van der Waals surface area (Å²) in [6, 6.07) is 3.84. The summed E-state index contributed by atoms with van der Waals surface area (Å²) in [4.78, 5) is 24.4. The molecule has 0 bridgehead atoms. The van der Waals surface area contributed by atoms with E-state index < -0.39 is 17.9 Å². The highest BCUT2D eigenvalue weighted by Crippen LogP contribution is 2.36. The first-order chi connectivity index (χ1) is 9.82. The summed E-state index contributed by atoms with van der Waals surface area (Å²) < 4.78 is 0.158. The van der Waals surface area contributed by atoms with E-state index in [0.29, 0.717) is 15.6 Å². The maximum absolute atomic E-state index is 12.3. The Morgan fingerprint density at radius 1 is 1.43 bits per heavy atom. The van der Waals surface area contributed by atoms with Crippen molar-refractivity contribution < 1.29 is 14.7 Å². The Kier molecular flexibility index (Phi) is 4.93. The van der Waals surface area contributed by atoms with Gasteiger partial charge < -0.3 is 9.90 Å². The first-order valence-electron chi connectivity index (χ1n) is 5.75. The molecule has 1 aliphatic heterocycles. The van der Waals surface area contributed by atoms with Crippen molar-refractivity contribution in [2.24, 2.45) is 0 Å². The van der Waals surface area contributed by atoms with Gasteiger partial charge in [0.25, 0.3) is 5.91 Å². The van der Waals surface area contributed by atoms with E-state index in [1.807, 2.05) is 0 Å². The highest BCUT2D eigenvalue weighted by Gasteiger charge is 2.36. The van der Waals surface area contributed by atoms with Crippen LogP contribution in [0.2, 0.25) is 10.0 Å². The fraction of sp³-hybridized carbons (Fsp3) is 0.154. The van der Waals surface area contributed by atoms with E-state index in [1.54, 1.807) is 18.2 Å². The van der Waals surface area contributed by atoms with Crippen molar-refractivity contribution in [1.29, 1.82) is 0 Å². The van der Waals surface area contributed by atoms with Gasteiger partial charge in [-0.05, 0) is 25.1 Å². The molecular formula is C13H8Cl2NO3S2-. The van der Waals surface area contributed by atoms with Crippen LogP contribution in [-0.4, -0.2) is 27.1 Å². The van der Waals surface area contributed by atoms with Crippen LogP contribution in [0.5, 0.6) is 0 Å². The van der Waals surface area contributed by atoms with Gasteiger partial charge in [-0.3, -0.25) is 9.69 Å². The molecule has 4 nitrogen and oxygen atoms in total. The minimum Gasteiger partial charge on any atom is -0.548 e. The lowest BCUT2D eigenvalue weighted by Crippen LogP contribution is -2.48. The Morgan fingerprint density at radius 3 is 2.52 bits per heavy atom. The Morgan fingerprint density at radius 2 is 2.00 bits per heavy atom. The van der Waals surface area contributed by atoms with E-state index in [9.17, 15) is 14.7 Å². The number of hydrogen-bond donors (Lipinski definition) is 0. The van der Waals surface area contributed by atoms with Crippen LogP contribution in [0.25, 0.3) is 6.08 Å². The third-order valence-corrected chi connectivity index (χ3v) is 4.82. The van der Waals surface area contributed by atoms with Crippen molar-refractivity contribution in [1.82, 2.24) is 4.90 Å². The molecule has 0 radical (unpaired) electrons. The Bertz CT molecular complexity index is 655. The predicted molar refractivity (Wildman–Crippen MR) is 85.9 cm³/mol. The average molecular weight is 361 g/mol. The van der Waals surface area contributed by atoms with Crippen molar-refractivity contribution in [3.05, 3.63) is 38.7 Å². The summed E-state index contributed by atoms with van der Waals surface area (Å²) in [7, 11) is 0. The summed E-state index contributed by atoms with van der Waals surface area (Å²) in [6.45, 7) is 1.34. The lowest BCUT2D eigenvalue weighted by Gasteiger charge is -2.23. The van der Waals surface area contributed by atoms with Crippen LogP contribution >= 0.6 is 47.2 Å². The second-order valence-corrected chi connectivity index (χ2v) is 6.67. The molecule has 0 spiro atoms. The van der Waals surface area contributed by atoms with Gasteiger partial charge in [0.2, 0.25) is 0 Å². The van der Waals surface area contributed by atoms with E-state index >= 15 is 0 Å². The standard InChI is InChI=1S/C13H9Cl2NO3S2/c1-6(12(18)19)16-11(17)10(21-13(16)20)5-7-8(14)3-2-4-9(7)15/h2-6H,1H3,(H,18,19)/p-1. The molecule has 1 atom stereocenters. The van der Waals surface area contributed by atoms with E-state index in [0.717, 1.165) is 16.7 Å². The molecule has 1 saturated heterocycles. The van der Waals surface area contributed by atoms with E-state index in [2.05, 4.69) is 0 Å². The number of thioether (sulfide) groups is 1. The number of thiocarbonyl (C=S) groups is 1. The maximum Gasteiger partial charge on any atom is 0.266 e. The van der Waals surface area contributed by atoms with Crippen molar-refractivity contribution in [3.8, 4) is 0 Å². The minimum absolute atomic E-state index is 0.158. The normalized spacial score (nSPS) is 18.4. The topological polar surface area (TPSA) is 60.4 Å². The van der Waals surface area contributed by atoms with Gasteiger partial charge in [0.15, 0.2) is 0 Å². The lowest BCUT2D eigenvalue weighted by molar-refractivity contribution is -0.309. The van der Waals surface area contributed by atoms with Crippen LogP contribution in [0, 0.1) is 0 Å². The number of amides is 1. The van der Waals surface area contributed by atoms with Gasteiger partial charge in [0.05, 0.1) is 16.9 Å². The third-order valence-electron chi connectivity index (χ3n) is 2.83. The van der Waals surface area contributed by atoms with Crippen LogP contribution in [0.3, 0.4) is 0 Å². The molecule has 0 aliphatic carbocycles. The molecule has 1 aromatic rings. The van der Waals surface area contributed by atoms with Crippen LogP contribution in [0.1, 0.15) is 12.5 Å². The molecule has 2 rings (SSSR count). The van der Waals surface area contributed by atoms with Gasteiger partial charge >= 0.3 is 0 Å². The number of halogens is 2. The van der Waals surface area contributed by atoms with E-state index in [-0.39, 0.29) is 9.23 Å². The second-order valence-electron chi connectivity index (χ2n) is 4.18. The summed E-state index contributed by atoms with van der Waals surface area (Å²) in [5, 5.41) is 11.7. The molecule has 1 aliphatic rings. The number of carbonyl (C=O) groups is 2. The molecule has 110 valence electrons. The molecule has 1 fully saturated rings. The number of carboxylic acid groups (broad SMARTS) is 1. The van der Waals surface area contributed by atoms with Gasteiger partial charge in [-0.1, -0.05) is 53.2 Å². The zero-order valence-electron chi connectivity index (χ0n) is 10.6. The summed E-state index contributed by atoms with van der Waals surface area (Å²) >= 11 is 18.1. The zero-order valence-corrected chi connectivity index (χ0v) is 13.8. The highest BCUT2D eigenvalue weighted by atomic mass is 35.5. The Labute approximate surface area is 140 Å². The van der Waals surface area contributed by atoms with Crippen LogP contribution in [0.4, 0.5) is 0 Å². The summed E-state index contributed by atoms with van der Waals surface area (Å²) in [6.07, 6.45) is 1.51. The van der Waals surface area contributed by atoms with Crippen molar-refractivity contribution in [2.45, 2.75) is 13.0 Å². The molecule has 0 saturated carbocycles. The number of rotatable bonds is 3. The largest absolute Gasteiger partial charge is 0.548 e. The van der Waals surface area contributed by atoms with Gasteiger partial charge in [0.1, 0.15) is 4.32 Å². The van der Waals surface area contributed by atoms with Crippen molar-refractivity contribution >= 4 is 69.5 Å². The highest BCUT2D eigenvalue weighted by molar-refractivity contribution is 8.26. The van der Waals surface area contributed by atoms with Crippen molar-refractivity contribution in [3.63, 3.8) is 0 Å². The monoisotopic (exact) mass is 360 g/mol. The van der Waals surface area contributed by atoms with E-state index in [1.165, 1.54) is 13.0 Å². The van der Waals surface area contributed by atoms with Crippen LogP contribution in [-0.2, 0) is 9.59 Å². The molecular weight excluding hydrogens is 353 g/mol. The number of carboxylic acids is 1. The molecule has 8 heteroatoms.